The summed E-state index contributed by atoms with van der Waals surface area (Å²) >= 11 is 1.63. The third kappa shape index (κ3) is 2.95. The highest BCUT2D eigenvalue weighted by atomic mass is 32.1. The van der Waals surface area contributed by atoms with Crippen LogP contribution in [0.4, 0.5) is 0 Å². The average molecular weight is 349 g/mol. The molecule has 122 valence electrons. The molecule has 2 N–H and O–H groups in total. The minimum Gasteiger partial charge on any atom is -0.284 e. The molecule has 4 aromatic heterocycles. The highest BCUT2D eigenvalue weighted by Gasteiger charge is 2.20. The molecule has 0 spiro atoms. The van der Waals surface area contributed by atoms with Gasteiger partial charge in [-0.3, -0.25) is 10.4 Å². The largest absolute Gasteiger partial charge is 0.284 e. The van der Waals surface area contributed by atoms with Crippen LogP contribution in [0, 0.1) is 0 Å². The number of thiophene rings is 1. The molecule has 6 heteroatoms. The van der Waals surface area contributed by atoms with E-state index in [0.717, 1.165) is 19.9 Å². The molecule has 0 bridgehead atoms. The smallest absolute Gasteiger partial charge is 0.282 e. The normalized spacial score (nSPS) is 10.7. The van der Waals surface area contributed by atoms with Gasteiger partial charge in [0, 0.05) is 38.6 Å². The van der Waals surface area contributed by atoms with Crippen molar-refractivity contribution in [3.05, 3.63) is 78.4 Å². The Hall–Kier alpha value is -3.25. The number of pyridine rings is 3. The lowest BCUT2D eigenvalue weighted by molar-refractivity contribution is -0.896. The summed E-state index contributed by atoms with van der Waals surface area (Å²) in [5, 5.41) is 22.3. The van der Waals surface area contributed by atoms with Crippen LogP contribution >= 0.6 is 11.3 Å². The summed E-state index contributed by atoms with van der Waals surface area (Å²) in [7, 11) is 0. The highest BCUT2D eigenvalue weighted by Crippen LogP contribution is 2.30. The molecule has 4 rings (SSSR count). The molecule has 0 aliphatic carbocycles. The van der Waals surface area contributed by atoms with Gasteiger partial charge >= 0.3 is 0 Å². The second-order valence-corrected chi connectivity index (χ2v) is 6.41. The molecule has 0 atom stereocenters. The second kappa shape index (κ2) is 6.33. The van der Waals surface area contributed by atoms with Crippen molar-refractivity contribution in [3.8, 4) is 33.2 Å². The van der Waals surface area contributed by atoms with Crippen molar-refractivity contribution in [2.24, 2.45) is 0 Å². The Labute approximate surface area is 148 Å². The van der Waals surface area contributed by atoms with Crippen LogP contribution < -0.4 is 9.46 Å². The van der Waals surface area contributed by atoms with Gasteiger partial charge in [0.1, 0.15) is 11.4 Å². The molecule has 5 nitrogen and oxygen atoms in total. The molecule has 0 saturated carbocycles. The molecule has 0 saturated heterocycles. The van der Waals surface area contributed by atoms with Gasteiger partial charge in [-0.2, -0.15) is 0 Å². The zero-order chi connectivity index (χ0) is 17.2. The summed E-state index contributed by atoms with van der Waals surface area (Å²) < 4.78 is 2.09. The summed E-state index contributed by atoms with van der Waals surface area (Å²) in [6.07, 6.45) is 3.12. The third-order valence-electron chi connectivity index (χ3n) is 3.83. The van der Waals surface area contributed by atoms with Crippen LogP contribution in [-0.4, -0.2) is 15.4 Å². The van der Waals surface area contributed by atoms with Crippen LogP contribution in [-0.2, 0) is 0 Å². The lowest BCUT2D eigenvalue weighted by Crippen LogP contribution is -2.33. The minimum atomic E-state index is 0.572. The topological polar surface area (TPSA) is 61.1 Å². The molecule has 25 heavy (non-hydrogen) atoms. The van der Waals surface area contributed by atoms with Gasteiger partial charge < -0.3 is 0 Å². The fraction of sp³-hybridized carbons (Fsp3) is 0. The Morgan fingerprint density at radius 3 is 1.84 bits per heavy atom. The van der Waals surface area contributed by atoms with Gasteiger partial charge in [-0.05, 0) is 41.3 Å². The molecular weight excluding hydrogens is 334 g/mol. The number of aromatic nitrogens is 3. The van der Waals surface area contributed by atoms with Gasteiger partial charge in [-0.1, -0.05) is 6.07 Å². The van der Waals surface area contributed by atoms with E-state index in [1.54, 1.807) is 48.0 Å². The van der Waals surface area contributed by atoms with Crippen molar-refractivity contribution in [2.75, 3.05) is 0 Å². The van der Waals surface area contributed by atoms with Gasteiger partial charge in [0.05, 0.1) is 0 Å². The van der Waals surface area contributed by atoms with E-state index in [1.165, 1.54) is 0 Å². The van der Waals surface area contributed by atoms with E-state index < -0.39 is 0 Å². The van der Waals surface area contributed by atoms with Crippen molar-refractivity contribution >= 4 is 11.3 Å². The van der Waals surface area contributed by atoms with E-state index in [-0.39, 0.29) is 0 Å². The maximum Gasteiger partial charge on any atom is 0.282 e. The summed E-state index contributed by atoms with van der Waals surface area (Å²) in [6.45, 7) is 0. The van der Waals surface area contributed by atoms with Crippen LogP contribution in [0.3, 0.4) is 0 Å². The van der Waals surface area contributed by atoms with Gasteiger partial charge in [-0.25, -0.2) is 4.98 Å². The van der Waals surface area contributed by atoms with Crippen LogP contribution in [0.25, 0.3) is 33.2 Å². The van der Waals surface area contributed by atoms with Crippen molar-refractivity contribution in [3.63, 3.8) is 0 Å². The van der Waals surface area contributed by atoms with Crippen LogP contribution in [0.1, 0.15) is 0 Å². The summed E-state index contributed by atoms with van der Waals surface area (Å²) in [5.41, 5.74) is 3.36. The van der Waals surface area contributed by atoms with Gasteiger partial charge in [0.15, 0.2) is 0 Å². The predicted octanol–water partition coefficient (Wildman–Crippen LogP) is 3.19. The lowest BCUT2D eigenvalue weighted by atomic mass is 10.1. The van der Waals surface area contributed by atoms with E-state index in [0.29, 0.717) is 22.8 Å². The van der Waals surface area contributed by atoms with Crippen molar-refractivity contribution in [2.45, 2.75) is 0 Å². The predicted molar refractivity (Wildman–Crippen MR) is 93.2 cm³/mol. The molecule has 0 aromatic carbocycles. The molecular formula is C19H15N3O2S+2. The molecule has 0 fully saturated rings. The zero-order valence-corrected chi connectivity index (χ0v) is 14.0. The first-order valence-corrected chi connectivity index (χ1v) is 8.57. The summed E-state index contributed by atoms with van der Waals surface area (Å²) in [6, 6.07) is 18.6. The molecule has 0 aliphatic heterocycles. The first-order chi connectivity index (χ1) is 12.2. The molecule has 4 heterocycles. The molecule has 0 aliphatic rings. The monoisotopic (exact) mass is 349 g/mol. The third-order valence-corrected chi connectivity index (χ3v) is 4.75. The quantitative estimate of drug-likeness (QED) is 0.441. The van der Waals surface area contributed by atoms with E-state index in [1.807, 2.05) is 41.8 Å². The molecule has 0 radical (unpaired) electrons. The Kier molecular flexibility index (Phi) is 3.87. The highest BCUT2D eigenvalue weighted by molar-refractivity contribution is 7.13. The first-order valence-electron chi connectivity index (χ1n) is 7.69. The SMILES string of the molecule is O[n+]1ccccc1-c1cc(-c2cccs2)cc(-c2cccc[n+]2O)n1. The number of nitrogens with zero attached hydrogens (tertiary/aromatic N) is 3. The molecule has 0 unspecified atom stereocenters. The summed E-state index contributed by atoms with van der Waals surface area (Å²) in [4.78, 5) is 5.74. The first kappa shape index (κ1) is 15.3. The van der Waals surface area contributed by atoms with E-state index >= 15 is 0 Å². The van der Waals surface area contributed by atoms with E-state index in [2.05, 4.69) is 4.98 Å². The van der Waals surface area contributed by atoms with E-state index in [4.69, 9.17) is 0 Å². The molecule has 4 aromatic rings. The molecule has 0 amide bonds. The number of hydrogen-bond donors (Lipinski definition) is 2. The Morgan fingerprint density at radius 2 is 1.36 bits per heavy atom. The second-order valence-electron chi connectivity index (χ2n) is 5.46. The van der Waals surface area contributed by atoms with Gasteiger partial charge in [0.2, 0.25) is 12.4 Å². The zero-order valence-electron chi connectivity index (χ0n) is 13.1. The Balaban J connectivity index is 1.96. The lowest BCUT2D eigenvalue weighted by Gasteiger charge is -2.05. The van der Waals surface area contributed by atoms with Crippen molar-refractivity contribution < 1.29 is 19.9 Å². The minimum absolute atomic E-state index is 0.572. The number of hydrogen-bond acceptors (Lipinski definition) is 4. The van der Waals surface area contributed by atoms with Crippen LogP contribution in [0.5, 0.6) is 0 Å². The Bertz CT molecular complexity index is 969. The standard InChI is InChI=1S/C19H15N3O2S/c23-21-9-3-1-6-17(21)15-12-14(19-8-5-11-25-19)13-16(20-15)18-7-2-4-10-22(18)24/h1-13,23-24H/q+2. The Morgan fingerprint density at radius 1 is 0.760 bits per heavy atom. The summed E-state index contributed by atoms with van der Waals surface area (Å²) in [5.74, 6) is 0. The van der Waals surface area contributed by atoms with E-state index in [9.17, 15) is 10.4 Å². The maximum atomic E-state index is 10.1. The van der Waals surface area contributed by atoms with Gasteiger partial charge in [0.25, 0.3) is 11.4 Å². The van der Waals surface area contributed by atoms with Crippen LogP contribution in [0.2, 0.25) is 0 Å². The van der Waals surface area contributed by atoms with Crippen molar-refractivity contribution in [1.29, 1.82) is 0 Å². The van der Waals surface area contributed by atoms with Crippen LogP contribution in [0.15, 0.2) is 78.4 Å². The number of rotatable bonds is 3. The average Bonchev–Trinajstić information content (AvgIpc) is 3.17. The fourth-order valence-corrected chi connectivity index (χ4v) is 3.37. The fourth-order valence-electron chi connectivity index (χ4n) is 2.65. The maximum absolute atomic E-state index is 10.1. The van der Waals surface area contributed by atoms with Crippen molar-refractivity contribution in [1.82, 2.24) is 4.98 Å². The van der Waals surface area contributed by atoms with Gasteiger partial charge in [-0.15, -0.1) is 11.3 Å².